The molecule has 0 radical (unpaired) electrons. The lowest BCUT2D eigenvalue weighted by Gasteiger charge is -2.27. The maximum Gasteiger partial charge on any atom is 0.410 e. The number of benzene rings is 2. The maximum atomic E-state index is 12.8. The number of aliphatic hydroxyl groups is 1. The summed E-state index contributed by atoms with van der Waals surface area (Å²) in [5.74, 6) is -0.0356. The summed E-state index contributed by atoms with van der Waals surface area (Å²) >= 11 is 0. The van der Waals surface area contributed by atoms with E-state index < -0.39 is 29.9 Å². The third-order valence-electron chi connectivity index (χ3n) is 6.03. The molecule has 2 amide bonds. The summed E-state index contributed by atoms with van der Waals surface area (Å²) in [4.78, 5) is 28.0. The van der Waals surface area contributed by atoms with Gasteiger partial charge in [0.2, 0.25) is 0 Å². The minimum atomic E-state index is -0.868. The molecule has 2 atom stereocenters. The van der Waals surface area contributed by atoms with Crippen LogP contribution in [0.25, 0.3) is 11.1 Å². The van der Waals surface area contributed by atoms with Crippen molar-refractivity contribution in [1.82, 2.24) is 9.80 Å². The number of likely N-dealkylation sites (tertiary alicyclic amines) is 1. The fourth-order valence-corrected chi connectivity index (χ4v) is 4.46. The summed E-state index contributed by atoms with van der Waals surface area (Å²) in [7, 11) is 1.59. The molecule has 2 aromatic rings. The second kappa shape index (κ2) is 8.47. The van der Waals surface area contributed by atoms with Gasteiger partial charge in [-0.05, 0) is 43.0 Å². The normalized spacial score (nSPS) is 20.0. The summed E-state index contributed by atoms with van der Waals surface area (Å²) in [6.07, 6.45) is -1.89. The zero-order valence-electron chi connectivity index (χ0n) is 18.9. The Morgan fingerprint density at radius 3 is 2.16 bits per heavy atom. The van der Waals surface area contributed by atoms with Crippen LogP contribution in [0, 0.1) is 0 Å². The van der Waals surface area contributed by atoms with Crippen LogP contribution in [0.3, 0.4) is 0 Å². The minimum absolute atomic E-state index is 0.0356. The Kier molecular flexibility index (Phi) is 5.86. The molecule has 0 unspecified atom stereocenters. The first kappa shape index (κ1) is 22.1. The van der Waals surface area contributed by atoms with Crippen molar-refractivity contribution in [2.75, 3.05) is 26.7 Å². The Morgan fingerprint density at radius 1 is 1.03 bits per heavy atom. The number of nitrogens with zero attached hydrogens (tertiary/aromatic N) is 2. The molecule has 32 heavy (non-hydrogen) atoms. The van der Waals surface area contributed by atoms with Crippen molar-refractivity contribution in [2.45, 2.75) is 44.4 Å². The van der Waals surface area contributed by atoms with Gasteiger partial charge in [-0.2, -0.15) is 0 Å². The van der Waals surface area contributed by atoms with Gasteiger partial charge in [0.05, 0.1) is 18.7 Å². The molecule has 2 aromatic carbocycles. The molecule has 4 rings (SSSR count). The van der Waals surface area contributed by atoms with Crippen molar-refractivity contribution in [2.24, 2.45) is 0 Å². The molecule has 1 aliphatic carbocycles. The number of aliphatic hydroxyl groups excluding tert-OH is 1. The largest absolute Gasteiger partial charge is 0.448 e. The fraction of sp³-hybridized carbons (Fsp3) is 0.440. The van der Waals surface area contributed by atoms with Crippen molar-refractivity contribution < 1.29 is 24.2 Å². The zero-order valence-corrected chi connectivity index (χ0v) is 18.9. The van der Waals surface area contributed by atoms with Gasteiger partial charge in [0.25, 0.3) is 0 Å². The lowest BCUT2D eigenvalue weighted by atomic mass is 9.98. The molecule has 170 valence electrons. The molecule has 1 N–H and O–H groups in total. The van der Waals surface area contributed by atoms with Gasteiger partial charge in [-0.3, -0.25) is 0 Å². The Labute approximate surface area is 188 Å². The molecule has 1 fully saturated rings. The number of ether oxygens (including phenoxy) is 2. The molecule has 1 aliphatic heterocycles. The molecule has 1 saturated heterocycles. The highest BCUT2D eigenvalue weighted by molar-refractivity contribution is 5.79. The lowest BCUT2D eigenvalue weighted by Crippen LogP contribution is -2.45. The van der Waals surface area contributed by atoms with Gasteiger partial charge >= 0.3 is 12.2 Å². The van der Waals surface area contributed by atoms with E-state index in [-0.39, 0.29) is 25.6 Å². The number of fused-ring (bicyclic) bond motifs is 3. The highest BCUT2D eigenvalue weighted by Gasteiger charge is 2.40. The van der Waals surface area contributed by atoms with Crippen molar-refractivity contribution >= 4 is 12.2 Å². The number of carbonyl (C=O) groups excluding carboxylic acids is 2. The van der Waals surface area contributed by atoms with Gasteiger partial charge in [0.15, 0.2) is 0 Å². The third kappa shape index (κ3) is 4.30. The number of amides is 2. The van der Waals surface area contributed by atoms with Gasteiger partial charge in [-0.15, -0.1) is 0 Å². The predicted octanol–water partition coefficient (Wildman–Crippen LogP) is 3.85. The predicted molar refractivity (Wildman–Crippen MR) is 120 cm³/mol. The molecule has 0 saturated carbocycles. The fourth-order valence-electron chi connectivity index (χ4n) is 4.46. The molecule has 0 bridgehead atoms. The topological polar surface area (TPSA) is 79.3 Å². The van der Waals surface area contributed by atoms with Crippen LogP contribution in [-0.2, 0) is 9.47 Å². The maximum absolute atomic E-state index is 12.8. The number of likely N-dealkylation sites (N-methyl/N-ethyl adjacent to an activating group) is 1. The minimum Gasteiger partial charge on any atom is -0.448 e. The lowest BCUT2D eigenvalue weighted by molar-refractivity contribution is 0.0268. The van der Waals surface area contributed by atoms with Gasteiger partial charge in [0.1, 0.15) is 12.2 Å². The van der Waals surface area contributed by atoms with Crippen LogP contribution in [0.5, 0.6) is 0 Å². The molecule has 7 nitrogen and oxygen atoms in total. The van der Waals surface area contributed by atoms with Crippen LogP contribution in [-0.4, -0.2) is 71.6 Å². The molecule has 0 spiro atoms. The van der Waals surface area contributed by atoms with E-state index in [1.165, 1.54) is 9.80 Å². The number of carbonyl (C=O) groups is 2. The van der Waals surface area contributed by atoms with E-state index in [0.717, 1.165) is 22.3 Å². The summed E-state index contributed by atoms with van der Waals surface area (Å²) in [5, 5.41) is 10.5. The van der Waals surface area contributed by atoms with E-state index >= 15 is 0 Å². The van der Waals surface area contributed by atoms with E-state index in [0.29, 0.717) is 0 Å². The van der Waals surface area contributed by atoms with Crippen LogP contribution in [0.15, 0.2) is 48.5 Å². The van der Waals surface area contributed by atoms with Crippen molar-refractivity contribution in [3.63, 3.8) is 0 Å². The van der Waals surface area contributed by atoms with Crippen LogP contribution >= 0.6 is 0 Å². The number of rotatable bonds is 3. The summed E-state index contributed by atoms with van der Waals surface area (Å²) < 4.78 is 11.1. The average Bonchev–Trinajstić information content (AvgIpc) is 3.29. The first-order chi connectivity index (χ1) is 15.2. The number of hydrogen-bond acceptors (Lipinski definition) is 5. The van der Waals surface area contributed by atoms with Gasteiger partial charge < -0.3 is 24.4 Å². The SMILES string of the molecule is CN(C(=O)OCC1c2ccccc2-c2ccccc21)[C@@H]1CN(C(=O)OC(C)(C)C)C[C@H]1O. The second-order valence-electron chi connectivity index (χ2n) is 9.43. The molecule has 0 aromatic heterocycles. The first-order valence-corrected chi connectivity index (χ1v) is 10.9. The van der Waals surface area contributed by atoms with E-state index in [1.807, 2.05) is 24.3 Å². The van der Waals surface area contributed by atoms with Gasteiger partial charge in [-0.25, -0.2) is 9.59 Å². The van der Waals surface area contributed by atoms with Crippen LogP contribution < -0.4 is 0 Å². The molecular formula is C25H30N2O5. The molecule has 7 heteroatoms. The highest BCUT2D eigenvalue weighted by Crippen LogP contribution is 2.44. The Morgan fingerprint density at radius 2 is 1.59 bits per heavy atom. The number of β-amino-alcohol motifs (C(OH)–C–C–N with tert-alkyl or cyclic N) is 1. The van der Waals surface area contributed by atoms with Crippen LogP contribution in [0.4, 0.5) is 9.59 Å². The Hall–Kier alpha value is -3.06. The molecular weight excluding hydrogens is 408 g/mol. The third-order valence-corrected chi connectivity index (χ3v) is 6.03. The van der Waals surface area contributed by atoms with Crippen molar-refractivity contribution in [3.05, 3.63) is 59.7 Å². The van der Waals surface area contributed by atoms with Gasteiger partial charge in [0, 0.05) is 19.5 Å². The van der Waals surface area contributed by atoms with E-state index in [2.05, 4.69) is 24.3 Å². The average molecular weight is 439 g/mol. The Bertz CT molecular complexity index is 970. The smallest absolute Gasteiger partial charge is 0.410 e. The van der Waals surface area contributed by atoms with Crippen LogP contribution in [0.1, 0.15) is 37.8 Å². The molecule has 2 aliphatic rings. The van der Waals surface area contributed by atoms with Crippen LogP contribution in [0.2, 0.25) is 0 Å². The monoisotopic (exact) mass is 438 g/mol. The van der Waals surface area contributed by atoms with Crippen molar-refractivity contribution in [3.8, 4) is 11.1 Å². The van der Waals surface area contributed by atoms with E-state index in [9.17, 15) is 14.7 Å². The first-order valence-electron chi connectivity index (χ1n) is 10.9. The molecule has 1 heterocycles. The summed E-state index contributed by atoms with van der Waals surface area (Å²) in [5.41, 5.74) is 3.98. The Balaban J connectivity index is 1.40. The second-order valence-corrected chi connectivity index (χ2v) is 9.43. The van der Waals surface area contributed by atoms with Gasteiger partial charge in [-0.1, -0.05) is 48.5 Å². The standard InChI is InChI=1S/C25H30N2O5/c1-25(2,3)32-24(30)27-13-21(22(28)14-27)26(4)23(29)31-15-20-18-11-7-5-9-16(18)17-10-6-8-12-19(17)20/h5-12,20-22,28H,13-15H2,1-4H3/t21-,22-/m1/s1. The summed E-state index contributed by atoms with van der Waals surface area (Å²) in [6.45, 7) is 5.88. The zero-order chi connectivity index (χ0) is 23.0. The van der Waals surface area contributed by atoms with E-state index in [1.54, 1.807) is 27.8 Å². The van der Waals surface area contributed by atoms with Crippen molar-refractivity contribution in [1.29, 1.82) is 0 Å². The number of hydrogen-bond donors (Lipinski definition) is 1. The quantitative estimate of drug-likeness (QED) is 0.788. The summed E-state index contributed by atoms with van der Waals surface area (Å²) in [6, 6.07) is 15.7. The van der Waals surface area contributed by atoms with E-state index in [4.69, 9.17) is 9.47 Å². The highest BCUT2D eigenvalue weighted by atomic mass is 16.6.